The molecule has 3 nitrogen and oxygen atoms in total. The molecule has 0 aromatic rings. The predicted octanol–water partition coefficient (Wildman–Crippen LogP) is 2.57. The van der Waals surface area contributed by atoms with Gasteiger partial charge in [-0.2, -0.15) is 11.8 Å². The number of hydrogen-bond donors (Lipinski definition) is 1. The van der Waals surface area contributed by atoms with Crippen molar-refractivity contribution < 1.29 is 4.79 Å². The van der Waals surface area contributed by atoms with Crippen LogP contribution in [0.25, 0.3) is 0 Å². The number of amides is 1. The number of thioether (sulfide) groups is 1. The number of nitrogens with zero attached hydrogens (tertiary/aromatic N) is 1. The van der Waals surface area contributed by atoms with Crippen LogP contribution in [-0.2, 0) is 4.79 Å². The van der Waals surface area contributed by atoms with E-state index in [-0.39, 0.29) is 18.1 Å². The average Bonchev–Trinajstić information content (AvgIpc) is 2.55. The molecule has 0 aliphatic carbocycles. The summed E-state index contributed by atoms with van der Waals surface area (Å²) < 4.78 is 0. The van der Waals surface area contributed by atoms with E-state index in [2.05, 4.69) is 51.1 Å². The molecule has 0 bridgehead atoms. The van der Waals surface area contributed by atoms with Gasteiger partial charge in [-0.3, -0.25) is 10.1 Å². The highest BCUT2D eigenvalue weighted by Gasteiger charge is 2.42. The number of hydrogen-bond acceptors (Lipinski definition) is 3. The Hall–Kier alpha value is -0.220. The molecule has 106 valence electrons. The Labute approximate surface area is 116 Å². The third-order valence-corrected chi connectivity index (χ3v) is 4.29. The molecule has 1 fully saturated rings. The Morgan fingerprint density at radius 3 is 2.33 bits per heavy atom. The van der Waals surface area contributed by atoms with Crippen LogP contribution in [0.15, 0.2) is 0 Å². The summed E-state index contributed by atoms with van der Waals surface area (Å²) in [4.78, 5) is 14.6. The molecule has 1 heterocycles. The second-order valence-corrected chi connectivity index (χ2v) is 6.99. The summed E-state index contributed by atoms with van der Waals surface area (Å²) in [6.07, 6.45) is 3.35. The van der Waals surface area contributed by atoms with E-state index in [1.807, 2.05) is 11.8 Å². The van der Waals surface area contributed by atoms with E-state index in [1.54, 1.807) is 0 Å². The van der Waals surface area contributed by atoms with E-state index in [9.17, 15) is 4.79 Å². The van der Waals surface area contributed by atoms with Gasteiger partial charge in [0.15, 0.2) is 0 Å². The minimum absolute atomic E-state index is 0.00180. The van der Waals surface area contributed by atoms with Crippen molar-refractivity contribution in [2.75, 3.05) is 12.0 Å². The lowest BCUT2D eigenvalue weighted by molar-refractivity contribution is -0.132. The minimum Gasteiger partial charge on any atom is -0.322 e. The normalized spacial score (nSPS) is 26.4. The summed E-state index contributed by atoms with van der Waals surface area (Å²) in [5, 5.41) is 3.53. The SMILES string of the molecule is CSCC(C)N1C(=O)C(C(C)C)NC1CC(C)C. The van der Waals surface area contributed by atoms with Gasteiger partial charge in [-0.15, -0.1) is 0 Å². The van der Waals surface area contributed by atoms with Crippen LogP contribution in [0, 0.1) is 11.8 Å². The second kappa shape index (κ2) is 6.80. The first-order chi connectivity index (χ1) is 8.38. The van der Waals surface area contributed by atoms with Crippen LogP contribution >= 0.6 is 11.8 Å². The summed E-state index contributed by atoms with van der Waals surface area (Å²) >= 11 is 1.81. The quantitative estimate of drug-likeness (QED) is 0.806. The minimum atomic E-state index is -0.00180. The van der Waals surface area contributed by atoms with Crippen LogP contribution in [-0.4, -0.2) is 41.1 Å². The van der Waals surface area contributed by atoms with Crippen molar-refractivity contribution in [2.24, 2.45) is 11.8 Å². The monoisotopic (exact) mass is 272 g/mol. The first kappa shape index (κ1) is 15.8. The summed E-state index contributed by atoms with van der Waals surface area (Å²) in [6, 6.07) is 0.311. The molecule has 0 spiro atoms. The van der Waals surface area contributed by atoms with E-state index < -0.39 is 0 Å². The van der Waals surface area contributed by atoms with Gasteiger partial charge in [0, 0.05) is 11.8 Å². The molecule has 0 aromatic carbocycles. The zero-order valence-electron chi connectivity index (χ0n) is 12.6. The van der Waals surface area contributed by atoms with Gasteiger partial charge in [0.05, 0.1) is 12.2 Å². The highest BCUT2D eigenvalue weighted by molar-refractivity contribution is 7.98. The smallest absolute Gasteiger partial charge is 0.241 e. The molecule has 0 saturated carbocycles. The number of nitrogens with one attached hydrogen (secondary N) is 1. The molecule has 4 heteroatoms. The molecule has 0 aromatic heterocycles. The third-order valence-electron chi connectivity index (χ3n) is 3.47. The van der Waals surface area contributed by atoms with E-state index in [0.29, 0.717) is 17.9 Å². The van der Waals surface area contributed by atoms with Crippen LogP contribution in [0.5, 0.6) is 0 Å². The summed E-state index contributed by atoms with van der Waals surface area (Å²) in [6.45, 7) is 10.8. The molecular weight excluding hydrogens is 244 g/mol. The van der Waals surface area contributed by atoms with Crippen LogP contribution in [0.1, 0.15) is 41.0 Å². The van der Waals surface area contributed by atoms with Crippen molar-refractivity contribution in [1.82, 2.24) is 10.2 Å². The first-order valence-corrected chi connectivity index (χ1v) is 8.35. The first-order valence-electron chi connectivity index (χ1n) is 6.95. The van der Waals surface area contributed by atoms with Gasteiger partial charge in [-0.25, -0.2) is 0 Å². The maximum Gasteiger partial charge on any atom is 0.241 e. The van der Waals surface area contributed by atoms with Gasteiger partial charge in [0.2, 0.25) is 5.91 Å². The van der Waals surface area contributed by atoms with E-state index in [4.69, 9.17) is 0 Å². The van der Waals surface area contributed by atoms with E-state index >= 15 is 0 Å². The Kier molecular flexibility index (Phi) is 5.99. The number of carbonyl (C=O) groups is 1. The number of carbonyl (C=O) groups excluding carboxylic acids is 1. The van der Waals surface area contributed by atoms with Crippen molar-refractivity contribution in [2.45, 2.75) is 59.3 Å². The van der Waals surface area contributed by atoms with Crippen molar-refractivity contribution in [1.29, 1.82) is 0 Å². The van der Waals surface area contributed by atoms with Crippen molar-refractivity contribution in [3.8, 4) is 0 Å². The lowest BCUT2D eigenvalue weighted by Gasteiger charge is -2.31. The Morgan fingerprint density at radius 1 is 1.28 bits per heavy atom. The second-order valence-electron chi connectivity index (χ2n) is 6.08. The van der Waals surface area contributed by atoms with Gasteiger partial charge in [-0.1, -0.05) is 27.7 Å². The zero-order chi connectivity index (χ0) is 13.9. The van der Waals surface area contributed by atoms with Gasteiger partial charge in [-0.05, 0) is 31.4 Å². The topological polar surface area (TPSA) is 32.3 Å². The predicted molar refractivity (Wildman–Crippen MR) is 79.7 cm³/mol. The van der Waals surface area contributed by atoms with Crippen LogP contribution in [0.3, 0.4) is 0 Å². The van der Waals surface area contributed by atoms with Crippen molar-refractivity contribution in [3.63, 3.8) is 0 Å². The fraction of sp³-hybridized carbons (Fsp3) is 0.929. The maximum absolute atomic E-state index is 12.5. The van der Waals surface area contributed by atoms with Gasteiger partial charge < -0.3 is 4.90 Å². The molecule has 3 atom stereocenters. The molecule has 0 radical (unpaired) electrons. The van der Waals surface area contributed by atoms with E-state index in [1.165, 1.54) is 0 Å². The molecule has 1 aliphatic heterocycles. The Balaban J connectivity index is 2.82. The molecule has 1 saturated heterocycles. The third kappa shape index (κ3) is 3.64. The van der Waals surface area contributed by atoms with Gasteiger partial charge in [0.25, 0.3) is 0 Å². The molecule has 1 aliphatic rings. The highest BCUT2D eigenvalue weighted by atomic mass is 32.2. The molecule has 3 unspecified atom stereocenters. The largest absolute Gasteiger partial charge is 0.322 e. The molecule has 18 heavy (non-hydrogen) atoms. The number of rotatable bonds is 6. The van der Waals surface area contributed by atoms with Crippen LogP contribution in [0.2, 0.25) is 0 Å². The molecule has 1 rings (SSSR count). The van der Waals surface area contributed by atoms with Crippen molar-refractivity contribution >= 4 is 17.7 Å². The molecule has 1 N–H and O–H groups in total. The standard InChI is InChI=1S/C14H28N2OS/c1-9(2)7-12-15-13(10(3)4)14(17)16(12)11(5)8-18-6/h9-13,15H,7-8H2,1-6H3. The average molecular weight is 272 g/mol. The fourth-order valence-electron chi connectivity index (χ4n) is 2.62. The van der Waals surface area contributed by atoms with Gasteiger partial charge >= 0.3 is 0 Å². The Bertz CT molecular complexity index is 281. The highest BCUT2D eigenvalue weighted by Crippen LogP contribution is 2.24. The fourth-order valence-corrected chi connectivity index (χ4v) is 3.27. The summed E-state index contributed by atoms with van der Waals surface area (Å²) in [5.41, 5.74) is 0. The van der Waals surface area contributed by atoms with Crippen LogP contribution in [0.4, 0.5) is 0 Å². The van der Waals surface area contributed by atoms with E-state index in [0.717, 1.165) is 12.2 Å². The maximum atomic E-state index is 12.5. The summed E-state index contributed by atoms with van der Waals surface area (Å²) in [7, 11) is 0. The molecule has 1 amide bonds. The zero-order valence-corrected chi connectivity index (χ0v) is 13.4. The van der Waals surface area contributed by atoms with Crippen LogP contribution < -0.4 is 5.32 Å². The Morgan fingerprint density at radius 2 is 1.89 bits per heavy atom. The van der Waals surface area contributed by atoms with Gasteiger partial charge in [0.1, 0.15) is 0 Å². The van der Waals surface area contributed by atoms with Crippen molar-refractivity contribution in [3.05, 3.63) is 0 Å². The molecular formula is C14H28N2OS. The summed E-state index contributed by atoms with van der Waals surface area (Å²) in [5.74, 6) is 2.26. The lowest BCUT2D eigenvalue weighted by atomic mass is 10.0. The lowest BCUT2D eigenvalue weighted by Crippen LogP contribution is -2.45.